The molecule has 4 nitrogen and oxygen atoms in total. The van der Waals surface area contributed by atoms with Crippen molar-refractivity contribution in [1.29, 1.82) is 0 Å². The van der Waals surface area contributed by atoms with Crippen LogP contribution in [0.4, 0.5) is 0 Å². The Bertz CT molecular complexity index is 335. The summed E-state index contributed by atoms with van der Waals surface area (Å²) in [6, 6.07) is 5.22. The fourth-order valence-electron chi connectivity index (χ4n) is 1.46. The first-order valence-corrected chi connectivity index (χ1v) is 5.92. The topological polar surface area (TPSA) is 56.9 Å². The van der Waals surface area contributed by atoms with Gasteiger partial charge in [-0.25, -0.2) is 0 Å². The predicted molar refractivity (Wildman–Crippen MR) is 66.5 cm³/mol. The van der Waals surface area contributed by atoms with Crippen LogP contribution < -0.4 is 16.2 Å². The van der Waals surface area contributed by atoms with Crippen molar-refractivity contribution in [2.75, 3.05) is 19.6 Å². The summed E-state index contributed by atoms with van der Waals surface area (Å²) in [5.74, 6) is 0. The summed E-state index contributed by atoms with van der Waals surface area (Å²) < 4.78 is 0. The Labute approximate surface area is 96.5 Å². The van der Waals surface area contributed by atoms with E-state index in [1.807, 2.05) is 6.07 Å². The third kappa shape index (κ3) is 5.68. The number of hydrogen-bond acceptors (Lipinski definition) is 3. The van der Waals surface area contributed by atoms with Gasteiger partial charge in [0.25, 0.3) is 0 Å². The molecule has 0 unspecified atom stereocenters. The van der Waals surface area contributed by atoms with Crippen LogP contribution in [0.15, 0.2) is 23.0 Å². The van der Waals surface area contributed by atoms with Crippen LogP contribution >= 0.6 is 0 Å². The van der Waals surface area contributed by atoms with Crippen LogP contribution in [0.1, 0.15) is 25.5 Å². The van der Waals surface area contributed by atoms with E-state index >= 15 is 0 Å². The van der Waals surface area contributed by atoms with Gasteiger partial charge < -0.3 is 15.6 Å². The average molecular weight is 223 g/mol. The van der Waals surface area contributed by atoms with Gasteiger partial charge in [-0.3, -0.25) is 4.79 Å². The van der Waals surface area contributed by atoms with Gasteiger partial charge in [0.2, 0.25) is 5.56 Å². The molecule has 0 saturated heterocycles. The Morgan fingerprint density at radius 2 is 2.00 bits per heavy atom. The van der Waals surface area contributed by atoms with Crippen LogP contribution in [0.5, 0.6) is 0 Å². The molecule has 0 radical (unpaired) electrons. The van der Waals surface area contributed by atoms with Crippen molar-refractivity contribution < 1.29 is 0 Å². The molecule has 0 aliphatic carbocycles. The maximum absolute atomic E-state index is 11.0. The zero-order chi connectivity index (χ0) is 11.6. The lowest BCUT2D eigenvalue weighted by atomic mass is 10.3. The van der Waals surface area contributed by atoms with Gasteiger partial charge in [-0.1, -0.05) is 13.0 Å². The molecule has 0 spiro atoms. The number of aromatic amines is 1. The summed E-state index contributed by atoms with van der Waals surface area (Å²) >= 11 is 0. The van der Waals surface area contributed by atoms with E-state index in [9.17, 15) is 4.79 Å². The molecule has 0 aromatic carbocycles. The van der Waals surface area contributed by atoms with Gasteiger partial charge in [-0.05, 0) is 38.5 Å². The van der Waals surface area contributed by atoms with E-state index in [-0.39, 0.29) is 5.56 Å². The molecule has 16 heavy (non-hydrogen) atoms. The number of nitrogens with one attached hydrogen (secondary N) is 3. The Balaban J connectivity index is 2.05. The highest BCUT2D eigenvalue weighted by Gasteiger charge is 1.92. The van der Waals surface area contributed by atoms with Gasteiger partial charge in [-0.15, -0.1) is 0 Å². The van der Waals surface area contributed by atoms with Gasteiger partial charge in [-0.2, -0.15) is 0 Å². The van der Waals surface area contributed by atoms with E-state index in [4.69, 9.17) is 0 Å². The SMILES string of the molecule is CCCNCCCNCc1cccc(=O)[nH]1. The lowest BCUT2D eigenvalue weighted by Gasteiger charge is -2.05. The molecule has 1 heterocycles. The largest absolute Gasteiger partial charge is 0.325 e. The summed E-state index contributed by atoms with van der Waals surface area (Å²) in [5, 5.41) is 6.64. The van der Waals surface area contributed by atoms with E-state index in [1.54, 1.807) is 6.07 Å². The molecule has 1 rings (SSSR count). The van der Waals surface area contributed by atoms with E-state index < -0.39 is 0 Å². The van der Waals surface area contributed by atoms with E-state index in [1.165, 1.54) is 12.5 Å². The monoisotopic (exact) mass is 223 g/mol. The highest BCUT2D eigenvalue weighted by atomic mass is 16.1. The average Bonchev–Trinajstić information content (AvgIpc) is 2.28. The van der Waals surface area contributed by atoms with Gasteiger partial charge >= 0.3 is 0 Å². The van der Waals surface area contributed by atoms with Crippen LogP contribution in [0.2, 0.25) is 0 Å². The lowest BCUT2D eigenvalue weighted by Crippen LogP contribution is -2.23. The van der Waals surface area contributed by atoms with Crippen molar-refractivity contribution in [2.24, 2.45) is 0 Å². The normalized spacial score (nSPS) is 10.6. The van der Waals surface area contributed by atoms with Crippen molar-refractivity contribution in [3.8, 4) is 0 Å². The fourth-order valence-corrected chi connectivity index (χ4v) is 1.46. The third-order valence-corrected chi connectivity index (χ3v) is 2.28. The Kier molecular flexibility index (Phi) is 6.53. The Morgan fingerprint density at radius 3 is 2.75 bits per heavy atom. The van der Waals surface area contributed by atoms with Gasteiger partial charge in [0.15, 0.2) is 0 Å². The van der Waals surface area contributed by atoms with Gasteiger partial charge in [0.1, 0.15) is 0 Å². The van der Waals surface area contributed by atoms with Crippen LogP contribution in [0.25, 0.3) is 0 Å². The van der Waals surface area contributed by atoms with Crippen molar-refractivity contribution in [1.82, 2.24) is 15.6 Å². The highest BCUT2D eigenvalue weighted by molar-refractivity contribution is 5.03. The minimum absolute atomic E-state index is 0.0380. The number of aromatic nitrogens is 1. The van der Waals surface area contributed by atoms with Gasteiger partial charge in [0.05, 0.1) is 0 Å². The Hall–Kier alpha value is -1.13. The zero-order valence-electron chi connectivity index (χ0n) is 9.88. The molecule has 90 valence electrons. The number of H-pyrrole nitrogens is 1. The minimum Gasteiger partial charge on any atom is -0.325 e. The first-order chi connectivity index (χ1) is 7.83. The summed E-state index contributed by atoms with van der Waals surface area (Å²) in [6.45, 7) is 5.99. The summed E-state index contributed by atoms with van der Waals surface area (Å²) in [5.41, 5.74) is 0.901. The van der Waals surface area contributed by atoms with Crippen molar-refractivity contribution in [3.63, 3.8) is 0 Å². The van der Waals surface area contributed by atoms with Crippen LogP contribution in [-0.2, 0) is 6.54 Å². The van der Waals surface area contributed by atoms with Crippen LogP contribution in [-0.4, -0.2) is 24.6 Å². The second-order valence-electron chi connectivity index (χ2n) is 3.82. The first kappa shape index (κ1) is 12.9. The molecule has 0 bridgehead atoms. The van der Waals surface area contributed by atoms with Crippen molar-refractivity contribution in [3.05, 3.63) is 34.2 Å². The van der Waals surface area contributed by atoms with Crippen LogP contribution in [0, 0.1) is 0 Å². The second-order valence-corrected chi connectivity index (χ2v) is 3.82. The molecule has 3 N–H and O–H groups in total. The summed E-state index contributed by atoms with van der Waals surface area (Å²) in [6.07, 6.45) is 2.29. The molecule has 4 heteroatoms. The van der Waals surface area contributed by atoms with Crippen LogP contribution in [0.3, 0.4) is 0 Å². The van der Waals surface area contributed by atoms with Gasteiger partial charge in [0, 0.05) is 18.3 Å². The maximum Gasteiger partial charge on any atom is 0.248 e. The van der Waals surface area contributed by atoms with E-state index in [2.05, 4.69) is 22.5 Å². The molecule has 0 atom stereocenters. The fraction of sp³-hybridized carbons (Fsp3) is 0.583. The molecule has 0 saturated carbocycles. The molecular weight excluding hydrogens is 202 g/mol. The highest BCUT2D eigenvalue weighted by Crippen LogP contribution is 1.88. The molecule has 1 aromatic rings. The maximum atomic E-state index is 11.0. The molecule has 0 fully saturated rings. The number of pyridine rings is 1. The smallest absolute Gasteiger partial charge is 0.248 e. The molecular formula is C12H21N3O. The lowest BCUT2D eigenvalue weighted by molar-refractivity contribution is 0.588. The summed E-state index contributed by atoms with van der Waals surface area (Å²) in [4.78, 5) is 13.8. The Morgan fingerprint density at radius 1 is 1.19 bits per heavy atom. The van der Waals surface area contributed by atoms with Crippen molar-refractivity contribution in [2.45, 2.75) is 26.3 Å². The summed E-state index contributed by atoms with van der Waals surface area (Å²) in [7, 11) is 0. The number of hydrogen-bond donors (Lipinski definition) is 3. The molecule has 0 amide bonds. The van der Waals surface area contributed by atoms with E-state index in [0.717, 1.165) is 38.3 Å². The second kappa shape index (κ2) is 8.07. The molecule has 1 aromatic heterocycles. The van der Waals surface area contributed by atoms with E-state index in [0.29, 0.717) is 0 Å². The zero-order valence-corrected chi connectivity index (χ0v) is 9.88. The third-order valence-electron chi connectivity index (χ3n) is 2.28. The number of rotatable bonds is 8. The van der Waals surface area contributed by atoms with Crippen molar-refractivity contribution >= 4 is 0 Å². The first-order valence-electron chi connectivity index (χ1n) is 5.92. The molecule has 0 aliphatic heterocycles. The standard InChI is InChI=1S/C12H21N3O/c1-2-7-13-8-4-9-14-10-11-5-3-6-12(16)15-11/h3,5-6,13-14H,2,4,7-10H2,1H3,(H,15,16). The quantitative estimate of drug-likeness (QED) is 0.573. The minimum atomic E-state index is -0.0380. The molecule has 0 aliphatic rings. The predicted octanol–water partition coefficient (Wildman–Crippen LogP) is 0.854.